The van der Waals surface area contributed by atoms with Crippen molar-refractivity contribution in [2.45, 2.75) is 63.3 Å². The second-order valence-corrected chi connectivity index (χ2v) is 12.1. The lowest BCUT2D eigenvalue weighted by atomic mass is 10.0. The average Bonchev–Trinajstić information content (AvgIpc) is 3.12. The van der Waals surface area contributed by atoms with Crippen molar-refractivity contribution in [1.29, 1.82) is 0 Å². The Bertz CT molecular complexity index is 1140. The summed E-state index contributed by atoms with van der Waals surface area (Å²) in [4.78, 5) is 83.3. The van der Waals surface area contributed by atoms with Crippen molar-refractivity contribution in [3.05, 3.63) is 0 Å². The molecule has 0 aromatic heterocycles. The molecule has 1 aliphatic rings. The van der Waals surface area contributed by atoms with Gasteiger partial charge in [-0.05, 0) is 6.92 Å². The minimum absolute atomic E-state index is 0.0182. The molecule has 0 spiro atoms. The molecule has 1 rings (SSSR count). The van der Waals surface area contributed by atoms with Gasteiger partial charge in [0.05, 0.1) is 84.8 Å². The van der Waals surface area contributed by atoms with Gasteiger partial charge in [-0.2, -0.15) is 0 Å². The van der Waals surface area contributed by atoms with Crippen LogP contribution in [0.4, 0.5) is 0 Å². The first-order valence-electron chi connectivity index (χ1n) is 17.7. The Morgan fingerprint density at radius 1 is 0.509 bits per heavy atom. The third-order valence-corrected chi connectivity index (χ3v) is 7.39. The van der Waals surface area contributed by atoms with E-state index in [4.69, 9.17) is 33.9 Å². The van der Waals surface area contributed by atoms with Gasteiger partial charge in [-0.15, -0.1) is 0 Å². The zero-order valence-corrected chi connectivity index (χ0v) is 30.9. The van der Waals surface area contributed by atoms with Gasteiger partial charge in [0, 0.05) is 45.6 Å². The zero-order valence-electron chi connectivity index (χ0n) is 30.9. The van der Waals surface area contributed by atoms with E-state index in [1.807, 2.05) is 0 Å². The maximum absolute atomic E-state index is 12.7. The van der Waals surface area contributed by atoms with Crippen molar-refractivity contribution < 1.29 is 82.8 Å². The number of ether oxygens (including phenoxy) is 5. The first kappa shape index (κ1) is 48.9. The molecule has 316 valence electrons. The number of aliphatic hydroxyl groups excluding tert-OH is 3. The van der Waals surface area contributed by atoms with Crippen LogP contribution in [0.1, 0.15) is 32.6 Å². The smallest absolute Gasteiger partial charge is 0.303 e. The minimum Gasteiger partial charge on any atom is -0.481 e. The fourth-order valence-corrected chi connectivity index (χ4v) is 4.56. The number of nitrogens with zero attached hydrogens (tertiary/aromatic N) is 1. The van der Waals surface area contributed by atoms with E-state index in [9.17, 15) is 48.9 Å². The van der Waals surface area contributed by atoms with Gasteiger partial charge in [-0.3, -0.25) is 38.5 Å². The highest BCUT2D eigenvalue weighted by molar-refractivity contribution is 5.84. The number of amides is 5. The van der Waals surface area contributed by atoms with Gasteiger partial charge in [0.25, 0.3) is 0 Å². The number of carboxylic acids is 2. The molecule has 5 amide bonds. The van der Waals surface area contributed by atoms with Gasteiger partial charge < -0.3 is 75.8 Å². The van der Waals surface area contributed by atoms with Crippen molar-refractivity contribution in [2.75, 3.05) is 98.6 Å². The predicted octanol–water partition coefficient (Wildman–Crippen LogP) is -5.51. The summed E-state index contributed by atoms with van der Waals surface area (Å²) in [5.41, 5.74) is 0. The second-order valence-electron chi connectivity index (χ2n) is 12.1. The predicted molar refractivity (Wildman–Crippen MR) is 186 cm³/mol. The van der Waals surface area contributed by atoms with Crippen LogP contribution in [0.3, 0.4) is 0 Å². The van der Waals surface area contributed by atoms with E-state index in [2.05, 4.69) is 26.6 Å². The van der Waals surface area contributed by atoms with Crippen molar-refractivity contribution >= 4 is 41.5 Å². The number of hydrogen-bond acceptors (Lipinski definition) is 16. The molecule has 0 aromatic rings. The van der Waals surface area contributed by atoms with Crippen LogP contribution in [-0.4, -0.2) is 201 Å². The number of carboxylic acid groups (broad SMARTS) is 2. The van der Waals surface area contributed by atoms with E-state index in [0.717, 1.165) is 0 Å². The second kappa shape index (κ2) is 29.2. The quantitative estimate of drug-likeness (QED) is 0.0293. The monoisotopic (exact) mass is 796 g/mol. The SMILES string of the molecule is C[C@@H]1O[C@@H](OCCOCCNC(=O)CN(CC(=O)NCCOCCNC(=O)CCC(=O)O)CC(=O)NCCOCCNC(=O)CCC(=O)O)[C@H](O)[C@H](O)[C@H]1O. The molecule has 55 heavy (non-hydrogen) atoms. The number of carbonyl (C=O) groups is 7. The molecule has 0 aromatic carbocycles. The van der Waals surface area contributed by atoms with Crippen LogP contribution in [0.2, 0.25) is 0 Å². The Morgan fingerprint density at radius 2 is 0.873 bits per heavy atom. The Hall–Kier alpha value is -4.07. The van der Waals surface area contributed by atoms with Crippen molar-refractivity contribution in [2.24, 2.45) is 0 Å². The number of nitrogens with one attached hydrogen (secondary N) is 5. The molecule has 0 bridgehead atoms. The van der Waals surface area contributed by atoms with Crippen LogP contribution >= 0.6 is 0 Å². The van der Waals surface area contributed by atoms with Crippen LogP contribution in [0, 0.1) is 0 Å². The molecule has 10 N–H and O–H groups in total. The van der Waals surface area contributed by atoms with Crippen molar-refractivity contribution in [1.82, 2.24) is 31.5 Å². The number of carbonyl (C=O) groups excluding carboxylic acids is 5. The van der Waals surface area contributed by atoms with Gasteiger partial charge >= 0.3 is 11.9 Å². The standard InChI is InChI=1S/C32H56N6O17/c1-21-29(48)30(49)31(50)32(55-21)54-17-16-53-15-10-37-26(43)20-38(18-24(41)35-8-13-51-11-6-33-22(39)2-4-27(44)45)19-25(42)36-9-14-52-12-7-34-23(40)3-5-28(46)47/h21,29-32,48-50H,2-20H2,1H3,(H,33,39)(H,34,40)(H,35,41)(H,36,42)(H,37,43)(H,44,45)(H,46,47)/t21-,29-,30+,31+,32+/m0/s1. The fraction of sp³-hybridized carbons (Fsp3) is 0.781. The minimum atomic E-state index is -1.45. The number of rotatable bonds is 31. The Balaban J connectivity index is 2.43. The molecule has 1 fully saturated rings. The lowest BCUT2D eigenvalue weighted by Crippen LogP contribution is -2.57. The summed E-state index contributed by atoms with van der Waals surface area (Å²) in [5, 5.41) is 59.7. The highest BCUT2D eigenvalue weighted by Gasteiger charge is 2.42. The maximum Gasteiger partial charge on any atom is 0.303 e. The highest BCUT2D eigenvalue weighted by Crippen LogP contribution is 2.21. The van der Waals surface area contributed by atoms with E-state index in [-0.39, 0.29) is 124 Å². The Labute approximate surface area is 317 Å². The summed E-state index contributed by atoms with van der Waals surface area (Å²) < 4.78 is 26.8. The molecule has 0 aliphatic carbocycles. The first-order chi connectivity index (χ1) is 26.2. The van der Waals surface area contributed by atoms with Crippen molar-refractivity contribution in [3.63, 3.8) is 0 Å². The molecule has 1 aliphatic heterocycles. The summed E-state index contributed by atoms with van der Waals surface area (Å²) in [6.45, 7) is 1.61. The number of hydrogen-bond donors (Lipinski definition) is 10. The van der Waals surface area contributed by atoms with E-state index < -0.39 is 72.2 Å². The number of aliphatic hydroxyl groups is 3. The summed E-state index contributed by atoms with van der Waals surface area (Å²) in [5.74, 6) is -4.55. The lowest BCUT2D eigenvalue weighted by Gasteiger charge is -2.38. The topological polar surface area (TPSA) is 330 Å². The molecule has 0 unspecified atom stereocenters. The third-order valence-electron chi connectivity index (χ3n) is 7.39. The summed E-state index contributed by atoms with van der Waals surface area (Å²) in [7, 11) is 0. The third kappa shape index (κ3) is 24.9. The molecular weight excluding hydrogens is 740 g/mol. The summed E-state index contributed by atoms with van der Waals surface area (Å²) in [6, 6.07) is 0. The van der Waals surface area contributed by atoms with Gasteiger partial charge in [-0.25, -0.2) is 0 Å². The number of aliphatic carboxylic acids is 2. The Kier molecular flexibility index (Phi) is 26.0. The summed E-state index contributed by atoms with van der Waals surface area (Å²) >= 11 is 0. The lowest BCUT2D eigenvalue weighted by molar-refractivity contribution is -0.294. The van der Waals surface area contributed by atoms with Crippen LogP contribution in [0.5, 0.6) is 0 Å². The van der Waals surface area contributed by atoms with Gasteiger partial charge in [0.2, 0.25) is 29.5 Å². The van der Waals surface area contributed by atoms with E-state index in [0.29, 0.717) is 0 Å². The van der Waals surface area contributed by atoms with E-state index in [1.165, 1.54) is 11.8 Å². The zero-order chi connectivity index (χ0) is 41.0. The van der Waals surface area contributed by atoms with Gasteiger partial charge in [-0.1, -0.05) is 0 Å². The summed E-state index contributed by atoms with van der Waals surface area (Å²) in [6.07, 6.45) is -6.94. The molecular formula is C32H56N6O17. The van der Waals surface area contributed by atoms with Crippen LogP contribution in [-0.2, 0) is 57.2 Å². The average molecular weight is 797 g/mol. The van der Waals surface area contributed by atoms with E-state index in [1.54, 1.807) is 0 Å². The highest BCUT2D eigenvalue weighted by atomic mass is 16.7. The normalized spacial score (nSPS) is 19.3. The Morgan fingerprint density at radius 3 is 1.25 bits per heavy atom. The molecule has 0 saturated carbocycles. The van der Waals surface area contributed by atoms with E-state index >= 15 is 0 Å². The molecule has 23 nitrogen and oxygen atoms in total. The van der Waals surface area contributed by atoms with Crippen molar-refractivity contribution in [3.8, 4) is 0 Å². The molecule has 1 saturated heterocycles. The van der Waals surface area contributed by atoms with Gasteiger partial charge in [0.1, 0.15) is 18.3 Å². The largest absolute Gasteiger partial charge is 0.481 e. The molecule has 1 heterocycles. The molecule has 0 radical (unpaired) electrons. The molecule has 5 atom stereocenters. The van der Waals surface area contributed by atoms with Crippen LogP contribution in [0.15, 0.2) is 0 Å². The maximum atomic E-state index is 12.7. The van der Waals surface area contributed by atoms with Crippen LogP contribution in [0.25, 0.3) is 0 Å². The fourth-order valence-electron chi connectivity index (χ4n) is 4.56. The van der Waals surface area contributed by atoms with Crippen LogP contribution < -0.4 is 26.6 Å². The van der Waals surface area contributed by atoms with Gasteiger partial charge in [0.15, 0.2) is 6.29 Å². The first-order valence-corrected chi connectivity index (χ1v) is 17.7. The molecule has 23 heteroatoms.